The second kappa shape index (κ2) is 21.4. The molecule has 0 spiro atoms. The SMILES string of the molecule is CC(=O)Nc1ccc(C(=O)NCS)cc1.CC(=O)c1ccc(C(=O)NCS)cc1.COc1cc(C(=O)NCS)cc(OC)c1OC. The number of Topliss-reactive ketones (excluding diaryl/α,β-unsaturated/α-hetero) is 1. The standard InChI is InChI=1S/C11H15NO4S.C10H12N2O2S.C10H11NO2S/c1-14-8-4-7(11(13)12-6-17)5-9(15-2)10(8)16-3;1-7(13)12-9-4-2-8(3-5-9)10(14)11-6-15;1-7(12)8-2-4-9(5-3-8)10(13)11-6-14/h4-5,17H,6H2,1-3H3,(H,12,13);2-5,15H,6H2,1H3,(H,11,14)(H,12,13);2-5,14H,6H2,1H3,(H,11,13). The molecule has 15 heteroatoms. The van der Waals surface area contributed by atoms with Gasteiger partial charge in [0.25, 0.3) is 17.7 Å². The molecule has 12 nitrogen and oxygen atoms in total. The number of methoxy groups -OCH3 is 3. The van der Waals surface area contributed by atoms with E-state index in [0.717, 1.165) is 0 Å². The summed E-state index contributed by atoms with van der Waals surface area (Å²) in [7, 11) is 4.50. The molecule has 3 aromatic rings. The van der Waals surface area contributed by atoms with Crippen molar-refractivity contribution in [3.8, 4) is 17.2 Å². The Labute approximate surface area is 284 Å². The number of hydrogen-bond donors (Lipinski definition) is 7. The van der Waals surface area contributed by atoms with Gasteiger partial charge in [0, 0.05) is 34.9 Å². The molecule has 0 aliphatic heterocycles. The van der Waals surface area contributed by atoms with Gasteiger partial charge in [-0.1, -0.05) is 12.1 Å². The summed E-state index contributed by atoms with van der Waals surface area (Å²) < 4.78 is 15.4. The first kappa shape index (κ1) is 39.7. The molecule has 4 amide bonds. The number of hydrogen-bond acceptors (Lipinski definition) is 11. The minimum atomic E-state index is -0.251. The molecule has 0 aliphatic rings. The van der Waals surface area contributed by atoms with Crippen molar-refractivity contribution in [3.63, 3.8) is 0 Å². The second-order valence-corrected chi connectivity index (χ2v) is 9.75. The summed E-state index contributed by atoms with van der Waals surface area (Å²) in [5.74, 6) is 1.43. The van der Waals surface area contributed by atoms with E-state index in [1.54, 1.807) is 60.7 Å². The van der Waals surface area contributed by atoms with Crippen molar-refractivity contribution < 1.29 is 38.2 Å². The zero-order valence-electron chi connectivity index (χ0n) is 26.0. The monoisotopic (exact) mass is 690 g/mol. The fourth-order valence-corrected chi connectivity index (χ4v) is 3.93. The van der Waals surface area contributed by atoms with Crippen molar-refractivity contribution in [1.29, 1.82) is 0 Å². The molecule has 0 atom stereocenters. The Morgan fingerprint density at radius 2 is 0.935 bits per heavy atom. The molecule has 4 N–H and O–H groups in total. The zero-order chi connectivity index (χ0) is 34.6. The van der Waals surface area contributed by atoms with E-state index in [1.807, 2.05) is 0 Å². The van der Waals surface area contributed by atoms with Gasteiger partial charge < -0.3 is 35.5 Å². The highest BCUT2D eigenvalue weighted by molar-refractivity contribution is 7.80. The Morgan fingerprint density at radius 1 is 0.565 bits per heavy atom. The number of ether oxygens (including phenoxy) is 3. The number of amides is 4. The van der Waals surface area contributed by atoms with Crippen LogP contribution in [0.4, 0.5) is 5.69 Å². The topological polar surface area (TPSA) is 161 Å². The molecular formula is C31H38N4O8S3. The summed E-state index contributed by atoms with van der Waals surface area (Å²) in [6.07, 6.45) is 0. The average molecular weight is 691 g/mol. The molecule has 0 radical (unpaired) electrons. The average Bonchev–Trinajstić information content (AvgIpc) is 3.05. The number of rotatable bonds is 11. The van der Waals surface area contributed by atoms with Crippen LogP contribution in [0.5, 0.6) is 17.2 Å². The van der Waals surface area contributed by atoms with Gasteiger partial charge in [0.15, 0.2) is 17.3 Å². The lowest BCUT2D eigenvalue weighted by molar-refractivity contribution is -0.114. The Balaban J connectivity index is 0.000000347. The minimum Gasteiger partial charge on any atom is -0.493 e. The Morgan fingerprint density at radius 3 is 1.26 bits per heavy atom. The van der Waals surface area contributed by atoms with Crippen molar-refractivity contribution in [2.45, 2.75) is 13.8 Å². The molecular weight excluding hydrogens is 653 g/mol. The Kier molecular flexibility index (Phi) is 18.5. The van der Waals surface area contributed by atoms with Gasteiger partial charge in [-0.05, 0) is 55.5 Å². The van der Waals surface area contributed by atoms with Crippen molar-refractivity contribution in [2.24, 2.45) is 0 Å². The lowest BCUT2D eigenvalue weighted by Gasteiger charge is -2.13. The molecule has 248 valence electrons. The lowest BCUT2D eigenvalue weighted by atomic mass is 10.1. The number of thiol groups is 3. The van der Waals surface area contributed by atoms with Gasteiger partial charge in [-0.25, -0.2) is 0 Å². The quantitative estimate of drug-likeness (QED) is 0.0900. The molecule has 0 saturated heterocycles. The Hall–Kier alpha value is -4.34. The van der Waals surface area contributed by atoms with Crippen LogP contribution in [-0.2, 0) is 4.79 Å². The maximum Gasteiger partial charge on any atom is 0.252 e. The normalized spacial score (nSPS) is 9.57. The summed E-state index contributed by atoms with van der Waals surface area (Å²) in [5, 5.41) is 10.3. The van der Waals surface area contributed by atoms with Gasteiger partial charge >= 0.3 is 0 Å². The summed E-state index contributed by atoms with van der Waals surface area (Å²) in [6.45, 7) is 2.92. The van der Waals surface area contributed by atoms with E-state index in [2.05, 4.69) is 59.2 Å². The third kappa shape index (κ3) is 13.3. The molecule has 0 saturated carbocycles. The molecule has 0 bridgehead atoms. The van der Waals surface area contributed by atoms with E-state index in [0.29, 0.717) is 56.9 Å². The van der Waals surface area contributed by atoms with Gasteiger partial charge in [0.05, 0.1) is 39.0 Å². The number of carbonyl (C=O) groups excluding carboxylic acids is 5. The molecule has 0 heterocycles. The van der Waals surface area contributed by atoms with Gasteiger partial charge in [0.1, 0.15) is 0 Å². The van der Waals surface area contributed by atoms with Crippen LogP contribution in [0.2, 0.25) is 0 Å². The number of ketones is 1. The molecule has 3 aromatic carbocycles. The fraction of sp³-hybridized carbons (Fsp3) is 0.258. The van der Waals surface area contributed by atoms with E-state index in [-0.39, 0.29) is 35.3 Å². The smallest absolute Gasteiger partial charge is 0.252 e. The van der Waals surface area contributed by atoms with Crippen molar-refractivity contribution in [3.05, 3.63) is 82.9 Å². The first-order valence-corrected chi connectivity index (χ1v) is 15.3. The first-order valence-electron chi connectivity index (χ1n) is 13.4. The third-order valence-electron chi connectivity index (χ3n) is 5.67. The molecule has 46 heavy (non-hydrogen) atoms. The number of carbonyl (C=O) groups is 5. The van der Waals surface area contributed by atoms with Crippen molar-refractivity contribution in [2.75, 3.05) is 44.3 Å². The molecule has 0 fully saturated rings. The molecule has 0 aliphatic carbocycles. The second-order valence-electron chi connectivity index (χ2n) is 8.80. The maximum atomic E-state index is 11.7. The number of nitrogens with one attached hydrogen (secondary N) is 4. The highest BCUT2D eigenvalue weighted by atomic mass is 32.1. The van der Waals surface area contributed by atoms with E-state index in [4.69, 9.17) is 14.2 Å². The highest BCUT2D eigenvalue weighted by Crippen LogP contribution is 2.38. The van der Waals surface area contributed by atoms with Crippen molar-refractivity contribution in [1.82, 2.24) is 16.0 Å². The van der Waals surface area contributed by atoms with Crippen LogP contribution in [0.25, 0.3) is 0 Å². The number of benzene rings is 3. The largest absolute Gasteiger partial charge is 0.493 e. The summed E-state index contributed by atoms with van der Waals surface area (Å²) >= 11 is 11.7. The maximum absolute atomic E-state index is 11.7. The Bertz CT molecular complexity index is 1440. The molecule has 0 unspecified atom stereocenters. The summed E-state index contributed by atoms with van der Waals surface area (Å²) in [6, 6.07) is 16.3. The van der Waals surface area contributed by atoms with Crippen LogP contribution < -0.4 is 35.5 Å². The predicted molar refractivity (Wildman–Crippen MR) is 187 cm³/mol. The van der Waals surface area contributed by atoms with Crippen LogP contribution in [0.3, 0.4) is 0 Å². The van der Waals surface area contributed by atoms with Crippen LogP contribution in [0, 0.1) is 0 Å². The lowest BCUT2D eigenvalue weighted by Crippen LogP contribution is -2.21. The summed E-state index contributed by atoms with van der Waals surface area (Å²) in [4.78, 5) is 56.0. The van der Waals surface area contributed by atoms with Crippen LogP contribution in [-0.4, -0.2) is 68.4 Å². The van der Waals surface area contributed by atoms with E-state index >= 15 is 0 Å². The van der Waals surface area contributed by atoms with Gasteiger partial charge in [-0.15, -0.1) is 0 Å². The predicted octanol–water partition coefficient (Wildman–Crippen LogP) is 4.10. The third-order valence-corrected chi connectivity index (χ3v) is 6.14. The highest BCUT2D eigenvalue weighted by Gasteiger charge is 2.16. The first-order chi connectivity index (χ1) is 21.9. The van der Waals surface area contributed by atoms with Gasteiger partial charge in [-0.2, -0.15) is 37.9 Å². The van der Waals surface area contributed by atoms with Gasteiger partial charge in [0.2, 0.25) is 11.7 Å². The molecule has 3 rings (SSSR count). The molecule has 0 aromatic heterocycles. The number of anilines is 1. The zero-order valence-corrected chi connectivity index (χ0v) is 28.7. The minimum absolute atomic E-state index is 0.00819. The van der Waals surface area contributed by atoms with Crippen LogP contribution >= 0.6 is 37.9 Å². The fourth-order valence-electron chi connectivity index (χ4n) is 3.50. The van der Waals surface area contributed by atoms with Crippen LogP contribution in [0.15, 0.2) is 60.7 Å². The van der Waals surface area contributed by atoms with Crippen LogP contribution in [0.1, 0.15) is 55.3 Å². The summed E-state index contributed by atoms with van der Waals surface area (Å²) in [5.41, 5.74) is 2.77. The van der Waals surface area contributed by atoms with E-state index in [1.165, 1.54) is 35.2 Å². The van der Waals surface area contributed by atoms with E-state index < -0.39 is 0 Å². The van der Waals surface area contributed by atoms with E-state index in [9.17, 15) is 24.0 Å². The van der Waals surface area contributed by atoms with Crippen molar-refractivity contribution >= 4 is 73.0 Å². The van der Waals surface area contributed by atoms with Gasteiger partial charge in [-0.3, -0.25) is 24.0 Å².